The Kier molecular flexibility index (Phi) is 6.13. The van der Waals surface area contributed by atoms with Gasteiger partial charge in [0, 0.05) is 24.1 Å². The predicted molar refractivity (Wildman–Crippen MR) is 76.1 cm³/mol. The second-order valence-electron chi connectivity index (χ2n) is 3.98. The van der Waals surface area contributed by atoms with E-state index in [4.69, 9.17) is 9.05 Å². The number of aryl methyl sites for hydroxylation is 1. The molecule has 1 heterocycles. The molecule has 0 spiro atoms. The molecule has 1 N–H and O–H groups in total. The van der Waals surface area contributed by atoms with E-state index in [0.29, 0.717) is 5.56 Å². The van der Waals surface area contributed by atoms with E-state index in [2.05, 4.69) is 4.98 Å². The zero-order chi connectivity index (χ0) is 15.2. The third-order valence-electron chi connectivity index (χ3n) is 2.40. The van der Waals surface area contributed by atoms with Crippen LogP contribution in [0.4, 0.5) is 0 Å². The van der Waals surface area contributed by atoms with Crippen molar-refractivity contribution in [3.8, 4) is 0 Å². The fourth-order valence-corrected chi connectivity index (χ4v) is 2.85. The molecule has 0 aliphatic carbocycles. The Balaban J connectivity index is 2.87. The van der Waals surface area contributed by atoms with E-state index >= 15 is 0 Å². The first-order valence-electron chi connectivity index (χ1n) is 6.28. The van der Waals surface area contributed by atoms with Gasteiger partial charge in [0.1, 0.15) is 0 Å². The van der Waals surface area contributed by atoms with Crippen molar-refractivity contribution in [1.82, 2.24) is 9.55 Å². The highest BCUT2D eigenvalue weighted by molar-refractivity contribution is 7.57. The number of rotatable bonds is 7. The van der Waals surface area contributed by atoms with Crippen molar-refractivity contribution in [2.24, 2.45) is 0 Å². The van der Waals surface area contributed by atoms with Gasteiger partial charge in [-0.25, -0.2) is 4.79 Å². The van der Waals surface area contributed by atoms with E-state index in [-0.39, 0.29) is 19.8 Å². The molecule has 1 aromatic rings. The van der Waals surface area contributed by atoms with Gasteiger partial charge in [0.2, 0.25) is 0 Å². The van der Waals surface area contributed by atoms with E-state index in [9.17, 15) is 14.2 Å². The third-order valence-corrected chi connectivity index (χ3v) is 4.21. The minimum atomic E-state index is -3.26. The van der Waals surface area contributed by atoms with Crippen LogP contribution in [0.3, 0.4) is 0 Å². The maximum absolute atomic E-state index is 12.1. The van der Waals surface area contributed by atoms with Gasteiger partial charge in [-0.2, -0.15) is 0 Å². The lowest BCUT2D eigenvalue weighted by Gasteiger charge is -2.12. The summed E-state index contributed by atoms with van der Waals surface area (Å²) < 4.78 is 23.6. The number of allylic oxidation sites excluding steroid dienone is 1. The quantitative estimate of drug-likeness (QED) is 0.773. The lowest BCUT2D eigenvalue weighted by Crippen LogP contribution is -2.30. The third kappa shape index (κ3) is 4.59. The van der Waals surface area contributed by atoms with E-state index in [1.807, 2.05) is 0 Å². The van der Waals surface area contributed by atoms with Gasteiger partial charge in [0.05, 0.1) is 13.2 Å². The molecule has 0 radical (unpaired) electrons. The molecular formula is C12H19N2O5P. The van der Waals surface area contributed by atoms with E-state index in [0.717, 1.165) is 0 Å². The Labute approximate surface area is 116 Å². The minimum absolute atomic E-state index is 0.167. The average Bonchev–Trinajstić information content (AvgIpc) is 2.36. The Morgan fingerprint density at radius 3 is 2.45 bits per heavy atom. The van der Waals surface area contributed by atoms with Crippen LogP contribution in [-0.2, 0) is 20.2 Å². The highest BCUT2D eigenvalue weighted by atomic mass is 31.2. The van der Waals surface area contributed by atoms with Crippen molar-refractivity contribution >= 4 is 7.60 Å². The molecule has 0 unspecified atom stereocenters. The minimum Gasteiger partial charge on any atom is -0.306 e. The summed E-state index contributed by atoms with van der Waals surface area (Å²) in [6.07, 6.45) is 2.96. The van der Waals surface area contributed by atoms with Crippen LogP contribution in [0.15, 0.2) is 27.7 Å². The number of hydrogen-bond acceptors (Lipinski definition) is 5. The van der Waals surface area contributed by atoms with Crippen LogP contribution in [0.2, 0.25) is 0 Å². The largest absolute Gasteiger partial charge is 0.353 e. The van der Waals surface area contributed by atoms with Crippen LogP contribution in [0, 0.1) is 6.92 Å². The first-order chi connectivity index (χ1) is 9.41. The summed E-state index contributed by atoms with van der Waals surface area (Å²) in [4.78, 5) is 25.0. The van der Waals surface area contributed by atoms with Crippen molar-refractivity contribution in [1.29, 1.82) is 0 Å². The number of nitrogens with zero attached hydrogens (tertiary/aromatic N) is 1. The van der Waals surface area contributed by atoms with E-state index in [1.165, 1.54) is 22.7 Å². The van der Waals surface area contributed by atoms with Gasteiger partial charge >= 0.3 is 13.3 Å². The summed E-state index contributed by atoms with van der Waals surface area (Å²) in [7, 11) is -3.26. The zero-order valence-electron chi connectivity index (χ0n) is 11.8. The molecule has 0 aromatic carbocycles. The normalized spacial score (nSPS) is 12.2. The smallest absolute Gasteiger partial charge is 0.306 e. The van der Waals surface area contributed by atoms with Crippen molar-refractivity contribution in [2.75, 3.05) is 13.2 Å². The molecule has 0 aliphatic heterocycles. The Morgan fingerprint density at radius 1 is 1.30 bits per heavy atom. The van der Waals surface area contributed by atoms with Crippen LogP contribution in [0.1, 0.15) is 19.4 Å². The summed E-state index contributed by atoms with van der Waals surface area (Å²) in [6, 6.07) is 0. The number of aromatic nitrogens is 2. The molecule has 20 heavy (non-hydrogen) atoms. The Hall–Kier alpha value is -1.43. The number of aromatic amines is 1. The number of nitrogens with one attached hydrogen (secondary N) is 1. The summed E-state index contributed by atoms with van der Waals surface area (Å²) in [5.41, 5.74) is -0.506. The fraction of sp³-hybridized carbons (Fsp3) is 0.500. The highest BCUT2D eigenvalue weighted by Gasteiger charge is 2.18. The molecule has 0 saturated heterocycles. The van der Waals surface area contributed by atoms with Crippen LogP contribution < -0.4 is 11.2 Å². The molecule has 0 aliphatic rings. The molecular weight excluding hydrogens is 283 g/mol. The summed E-state index contributed by atoms with van der Waals surface area (Å²) in [5.74, 6) is 1.33. The van der Waals surface area contributed by atoms with Gasteiger partial charge in [0.25, 0.3) is 5.56 Å². The summed E-state index contributed by atoms with van der Waals surface area (Å²) >= 11 is 0. The van der Waals surface area contributed by atoms with Crippen molar-refractivity contribution < 1.29 is 13.6 Å². The van der Waals surface area contributed by atoms with Crippen LogP contribution in [-0.4, -0.2) is 22.8 Å². The molecule has 1 rings (SSSR count). The lowest BCUT2D eigenvalue weighted by molar-refractivity contribution is 0.229. The topological polar surface area (TPSA) is 90.4 Å². The fourth-order valence-electron chi connectivity index (χ4n) is 1.53. The molecule has 0 bridgehead atoms. The SMILES string of the molecule is CCOP(=O)(/C=C/Cn1cc(C)c(=O)[nH]c1=O)OCC. The van der Waals surface area contributed by atoms with Gasteiger partial charge in [-0.05, 0) is 20.8 Å². The Bertz CT molecular complexity index is 621. The van der Waals surface area contributed by atoms with Gasteiger partial charge in [-0.15, -0.1) is 0 Å². The number of H-pyrrole nitrogens is 1. The predicted octanol–water partition coefficient (Wildman–Crippen LogP) is 1.62. The second-order valence-corrected chi connectivity index (χ2v) is 5.88. The van der Waals surface area contributed by atoms with Crippen LogP contribution in [0.25, 0.3) is 0 Å². The van der Waals surface area contributed by atoms with Crippen molar-refractivity contribution in [3.63, 3.8) is 0 Å². The lowest BCUT2D eigenvalue weighted by atomic mass is 10.4. The molecule has 0 amide bonds. The van der Waals surface area contributed by atoms with Gasteiger partial charge in [0.15, 0.2) is 0 Å². The molecule has 7 nitrogen and oxygen atoms in total. The monoisotopic (exact) mass is 302 g/mol. The first-order valence-corrected chi connectivity index (χ1v) is 7.90. The maximum Gasteiger partial charge on any atom is 0.353 e. The summed E-state index contributed by atoms with van der Waals surface area (Å²) in [6.45, 7) is 5.73. The Morgan fingerprint density at radius 2 is 1.90 bits per heavy atom. The van der Waals surface area contributed by atoms with Gasteiger partial charge in [-0.1, -0.05) is 6.08 Å². The van der Waals surface area contributed by atoms with Crippen LogP contribution >= 0.6 is 7.60 Å². The molecule has 0 saturated carbocycles. The van der Waals surface area contributed by atoms with Crippen LogP contribution in [0.5, 0.6) is 0 Å². The van der Waals surface area contributed by atoms with Gasteiger partial charge < -0.3 is 9.05 Å². The molecule has 0 atom stereocenters. The average molecular weight is 302 g/mol. The zero-order valence-corrected chi connectivity index (χ0v) is 12.7. The standard InChI is InChI=1S/C12H19N2O5P/c1-4-18-20(17,19-5-2)8-6-7-14-9-10(3)11(15)13-12(14)16/h6,8-9H,4-5,7H2,1-3H3,(H,13,15,16)/b8-6+. The van der Waals surface area contributed by atoms with Crippen molar-refractivity contribution in [2.45, 2.75) is 27.3 Å². The summed E-state index contributed by atoms with van der Waals surface area (Å²) in [5, 5.41) is 0. The van der Waals surface area contributed by atoms with Crippen molar-refractivity contribution in [3.05, 3.63) is 44.5 Å². The van der Waals surface area contributed by atoms with E-state index < -0.39 is 18.8 Å². The molecule has 8 heteroatoms. The maximum atomic E-state index is 12.1. The number of hydrogen-bond donors (Lipinski definition) is 1. The van der Waals surface area contributed by atoms with E-state index in [1.54, 1.807) is 20.8 Å². The molecule has 1 aromatic heterocycles. The highest BCUT2D eigenvalue weighted by Crippen LogP contribution is 2.49. The second kappa shape index (κ2) is 7.38. The molecule has 0 fully saturated rings. The van der Waals surface area contributed by atoms with Gasteiger partial charge in [-0.3, -0.25) is 18.9 Å². The molecule has 112 valence electrons. The first kappa shape index (κ1) is 16.6.